The van der Waals surface area contributed by atoms with E-state index < -0.39 is 0 Å². The topological polar surface area (TPSA) is 63.8 Å². The molecule has 2 rings (SSSR count). The van der Waals surface area contributed by atoms with E-state index in [-0.39, 0.29) is 5.82 Å². The number of benzene rings is 1. The maximum atomic E-state index is 13.0. The molecule has 6 heteroatoms. The second kappa shape index (κ2) is 4.44. The molecule has 0 aliphatic heterocycles. The molecule has 0 aliphatic rings. The Morgan fingerprint density at radius 2 is 2.00 bits per heavy atom. The summed E-state index contributed by atoms with van der Waals surface area (Å²) in [5.74, 6) is 0.590. The smallest absolute Gasteiger partial charge is 0.153 e. The van der Waals surface area contributed by atoms with E-state index in [9.17, 15) is 4.39 Å². The standard InChI is InChI=1S/C10H8BrFN4/c11-7-5-6(1-2-8(7)12)14-10-4-3-9(13)15-16-10/h1-5H,(H2,13,15)(H,14,16). The van der Waals surface area contributed by atoms with Gasteiger partial charge in [-0.05, 0) is 46.3 Å². The van der Waals surface area contributed by atoms with Crippen LogP contribution in [0.1, 0.15) is 0 Å². The van der Waals surface area contributed by atoms with E-state index in [1.807, 2.05) is 0 Å². The average Bonchev–Trinajstić information content (AvgIpc) is 2.27. The molecule has 1 heterocycles. The number of nitrogens with one attached hydrogen (secondary N) is 1. The molecule has 4 nitrogen and oxygen atoms in total. The summed E-state index contributed by atoms with van der Waals surface area (Å²) in [4.78, 5) is 0. The molecule has 0 atom stereocenters. The normalized spacial score (nSPS) is 10.1. The summed E-state index contributed by atoms with van der Waals surface area (Å²) in [6.07, 6.45) is 0. The fraction of sp³-hybridized carbons (Fsp3) is 0. The van der Waals surface area contributed by atoms with Crippen LogP contribution >= 0.6 is 15.9 Å². The Hall–Kier alpha value is -1.69. The SMILES string of the molecule is Nc1ccc(Nc2ccc(F)c(Br)c2)nn1. The lowest BCUT2D eigenvalue weighted by Gasteiger charge is -2.05. The molecule has 0 saturated heterocycles. The molecule has 0 spiro atoms. The van der Waals surface area contributed by atoms with Gasteiger partial charge < -0.3 is 11.1 Å². The van der Waals surface area contributed by atoms with Crippen LogP contribution in [0.2, 0.25) is 0 Å². The summed E-state index contributed by atoms with van der Waals surface area (Å²) in [7, 11) is 0. The quantitative estimate of drug-likeness (QED) is 0.889. The maximum absolute atomic E-state index is 13.0. The molecule has 2 aromatic rings. The van der Waals surface area contributed by atoms with Crippen LogP contribution in [0.15, 0.2) is 34.8 Å². The van der Waals surface area contributed by atoms with Gasteiger partial charge in [0.25, 0.3) is 0 Å². The highest BCUT2D eigenvalue weighted by Crippen LogP contribution is 2.22. The van der Waals surface area contributed by atoms with E-state index in [0.29, 0.717) is 21.8 Å². The lowest BCUT2D eigenvalue weighted by Crippen LogP contribution is -1.98. The van der Waals surface area contributed by atoms with Crippen molar-refractivity contribution < 1.29 is 4.39 Å². The summed E-state index contributed by atoms with van der Waals surface area (Å²) in [6.45, 7) is 0. The Labute approximate surface area is 99.8 Å². The Morgan fingerprint density at radius 3 is 2.62 bits per heavy atom. The van der Waals surface area contributed by atoms with Gasteiger partial charge in [0, 0.05) is 5.69 Å². The van der Waals surface area contributed by atoms with Gasteiger partial charge in [-0.25, -0.2) is 4.39 Å². The minimum atomic E-state index is -0.311. The molecule has 3 N–H and O–H groups in total. The molecule has 0 amide bonds. The molecule has 0 fully saturated rings. The number of halogens is 2. The van der Waals surface area contributed by atoms with Gasteiger partial charge in [-0.3, -0.25) is 0 Å². The lowest BCUT2D eigenvalue weighted by molar-refractivity contribution is 0.621. The summed E-state index contributed by atoms with van der Waals surface area (Å²) in [5.41, 5.74) is 6.12. The molecule has 1 aromatic carbocycles. The predicted molar refractivity (Wildman–Crippen MR) is 63.8 cm³/mol. The lowest BCUT2D eigenvalue weighted by atomic mass is 10.3. The zero-order valence-electron chi connectivity index (χ0n) is 8.11. The minimum Gasteiger partial charge on any atom is -0.382 e. The maximum Gasteiger partial charge on any atom is 0.153 e. The van der Waals surface area contributed by atoms with Crippen LogP contribution in [-0.2, 0) is 0 Å². The van der Waals surface area contributed by atoms with E-state index in [4.69, 9.17) is 5.73 Å². The molecular formula is C10H8BrFN4. The first-order chi connectivity index (χ1) is 7.65. The van der Waals surface area contributed by atoms with Crippen LogP contribution in [-0.4, -0.2) is 10.2 Å². The molecular weight excluding hydrogens is 275 g/mol. The fourth-order valence-electron chi connectivity index (χ4n) is 1.13. The second-order valence-electron chi connectivity index (χ2n) is 3.10. The van der Waals surface area contributed by atoms with E-state index in [2.05, 4.69) is 31.4 Å². The molecule has 0 radical (unpaired) electrons. The summed E-state index contributed by atoms with van der Waals surface area (Å²) < 4.78 is 13.4. The van der Waals surface area contributed by atoms with Gasteiger partial charge >= 0.3 is 0 Å². The van der Waals surface area contributed by atoms with Crippen molar-refractivity contribution in [3.05, 3.63) is 40.6 Å². The Bertz CT molecular complexity index is 501. The van der Waals surface area contributed by atoms with Crippen LogP contribution in [0.5, 0.6) is 0 Å². The number of hydrogen-bond donors (Lipinski definition) is 2. The zero-order chi connectivity index (χ0) is 11.5. The van der Waals surface area contributed by atoms with Crippen LogP contribution in [0.3, 0.4) is 0 Å². The van der Waals surface area contributed by atoms with Gasteiger partial charge in [0.15, 0.2) is 5.82 Å². The summed E-state index contributed by atoms with van der Waals surface area (Å²) in [5, 5.41) is 10.5. The molecule has 0 unspecified atom stereocenters. The third-order valence-electron chi connectivity index (χ3n) is 1.88. The van der Waals surface area contributed by atoms with Crippen molar-refractivity contribution in [3.63, 3.8) is 0 Å². The number of hydrogen-bond acceptors (Lipinski definition) is 4. The fourth-order valence-corrected chi connectivity index (χ4v) is 1.51. The highest BCUT2D eigenvalue weighted by molar-refractivity contribution is 9.10. The van der Waals surface area contributed by atoms with Crippen LogP contribution < -0.4 is 11.1 Å². The van der Waals surface area contributed by atoms with Crippen molar-refractivity contribution in [2.75, 3.05) is 11.1 Å². The summed E-state index contributed by atoms with van der Waals surface area (Å²) >= 11 is 3.10. The van der Waals surface area contributed by atoms with E-state index >= 15 is 0 Å². The molecule has 1 aromatic heterocycles. The third-order valence-corrected chi connectivity index (χ3v) is 2.48. The van der Waals surface area contributed by atoms with Crippen LogP contribution in [0.4, 0.5) is 21.7 Å². The molecule has 0 aliphatic carbocycles. The van der Waals surface area contributed by atoms with Crippen molar-refractivity contribution in [2.45, 2.75) is 0 Å². The van der Waals surface area contributed by atoms with Crippen LogP contribution in [0.25, 0.3) is 0 Å². The zero-order valence-corrected chi connectivity index (χ0v) is 9.70. The van der Waals surface area contributed by atoms with Gasteiger partial charge in [0.1, 0.15) is 11.6 Å². The van der Waals surface area contributed by atoms with E-state index in [1.54, 1.807) is 24.3 Å². The van der Waals surface area contributed by atoms with Gasteiger partial charge in [-0.15, -0.1) is 10.2 Å². The Balaban J connectivity index is 2.20. The summed E-state index contributed by atoms with van der Waals surface area (Å²) in [6, 6.07) is 7.91. The average molecular weight is 283 g/mol. The van der Waals surface area contributed by atoms with Crippen molar-refractivity contribution in [1.82, 2.24) is 10.2 Å². The first kappa shape index (κ1) is 10.8. The number of nitrogens with two attached hydrogens (primary N) is 1. The van der Waals surface area contributed by atoms with Gasteiger partial charge in [0.2, 0.25) is 0 Å². The first-order valence-electron chi connectivity index (χ1n) is 4.46. The number of aromatic nitrogens is 2. The number of rotatable bonds is 2. The minimum absolute atomic E-state index is 0.311. The Morgan fingerprint density at radius 1 is 1.19 bits per heavy atom. The van der Waals surface area contributed by atoms with E-state index in [1.165, 1.54) is 6.07 Å². The number of nitrogens with zero attached hydrogens (tertiary/aromatic N) is 2. The van der Waals surface area contributed by atoms with Gasteiger partial charge in [-0.2, -0.15) is 0 Å². The van der Waals surface area contributed by atoms with E-state index in [0.717, 1.165) is 0 Å². The van der Waals surface area contributed by atoms with Crippen LogP contribution in [0, 0.1) is 5.82 Å². The highest BCUT2D eigenvalue weighted by Gasteiger charge is 2.01. The Kier molecular flexibility index (Phi) is 3.00. The van der Waals surface area contributed by atoms with Gasteiger partial charge in [0.05, 0.1) is 4.47 Å². The highest BCUT2D eigenvalue weighted by atomic mass is 79.9. The predicted octanol–water partition coefficient (Wildman–Crippen LogP) is 2.70. The van der Waals surface area contributed by atoms with Crippen molar-refractivity contribution in [2.24, 2.45) is 0 Å². The van der Waals surface area contributed by atoms with Crippen molar-refractivity contribution in [3.8, 4) is 0 Å². The van der Waals surface area contributed by atoms with Gasteiger partial charge in [-0.1, -0.05) is 0 Å². The van der Waals surface area contributed by atoms with Crippen molar-refractivity contribution in [1.29, 1.82) is 0 Å². The first-order valence-corrected chi connectivity index (χ1v) is 5.26. The second-order valence-corrected chi connectivity index (χ2v) is 3.95. The largest absolute Gasteiger partial charge is 0.382 e. The monoisotopic (exact) mass is 282 g/mol. The number of anilines is 3. The van der Waals surface area contributed by atoms with Crippen molar-refractivity contribution >= 4 is 33.3 Å². The number of nitrogen functional groups attached to an aromatic ring is 1. The molecule has 82 valence electrons. The third kappa shape index (κ3) is 2.46. The molecule has 0 bridgehead atoms. The molecule has 0 saturated carbocycles. The molecule has 16 heavy (non-hydrogen) atoms.